The van der Waals surface area contributed by atoms with Crippen LogP contribution in [0.25, 0.3) is 16.6 Å². The Labute approximate surface area is 246 Å². The van der Waals surface area contributed by atoms with E-state index >= 15 is 0 Å². The minimum Gasteiger partial charge on any atom is -0.453 e. The molecular formula is C34H39N5O3. The lowest BCUT2D eigenvalue weighted by atomic mass is 9.92. The van der Waals surface area contributed by atoms with E-state index in [0.717, 1.165) is 74.2 Å². The molecule has 0 radical (unpaired) electrons. The molecule has 1 N–H and O–H groups in total. The fraction of sp³-hybridized carbons (Fsp3) is 0.412. The topological polar surface area (TPSA) is 89.4 Å². The normalized spacial score (nSPS) is 18.1. The summed E-state index contributed by atoms with van der Waals surface area (Å²) in [6.07, 6.45) is 11.8. The summed E-state index contributed by atoms with van der Waals surface area (Å²) in [5, 5.41) is 3.58. The molecule has 2 aliphatic rings. The molecule has 0 bridgehead atoms. The molecule has 4 aromatic rings. The Balaban J connectivity index is 1.33. The first-order chi connectivity index (χ1) is 20.5. The van der Waals surface area contributed by atoms with Crippen LogP contribution in [0.1, 0.15) is 86.3 Å². The Morgan fingerprint density at radius 1 is 1.12 bits per heavy atom. The number of pyridine rings is 1. The van der Waals surface area contributed by atoms with Gasteiger partial charge in [-0.15, -0.1) is 0 Å². The fourth-order valence-corrected chi connectivity index (χ4v) is 6.63. The van der Waals surface area contributed by atoms with Gasteiger partial charge in [0.15, 0.2) is 11.5 Å². The maximum absolute atomic E-state index is 13.8. The predicted octanol–water partition coefficient (Wildman–Crippen LogP) is 6.18. The zero-order valence-corrected chi connectivity index (χ0v) is 24.7. The number of para-hydroxylation sites is 2. The second kappa shape index (κ2) is 12.1. The van der Waals surface area contributed by atoms with Crippen LogP contribution in [-0.2, 0) is 0 Å². The van der Waals surface area contributed by atoms with Crippen molar-refractivity contribution in [2.24, 2.45) is 0 Å². The van der Waals surface area contributed by atoms with Gasteiger partial charge in [0.2, 0.25) is 5.43 Å². The maximum atomic E-state index is 13.8. The van der Waals surface area contributed by atoms with E-state index in [0.29, 0.717) is 22.8 Å². The lowest BCUT2D eigenvalue weighted by Gasteiger charge is -2.27. The Morgan fingerprint density at radius 2 is 1.93 bits per heavy atom. The third kappa shape index (κ3) is 5.31. The lowest BCUT2D eigenvalue weighted by molar-refractivity contribution is 0.0935. The smallest absolute Gasteiger partial charge is 0.256 e. The van der Waals surface area contributed by atoms with Gasteiger partial charge in [-0.05, 0) is 82.8 Å². The second-order valence-electron chi connectivity index (χ2n) is 11.6. The van der Waals surface area contributed by atoms with Crippen molar-refractivity contribution in [3.8, 4) is 17.2 Å². The monoisotopic (exact) mass is 565 g/mol. The van der Waals surface area contributed by atoms with Gasteiger partial charge in [0.1, 0.15) is 11.1 Å². The minimum absolute atomic E-state index is 0.0392. The first kappa shape index (κ1) is 28.1. The van der Waals surface area contributed by atoms with Crippen LogP contribution in [0.15, 0.2) is 66.0 Å². The number of rotatable bonds is 10. The van der Waals surface area contributed by atoms with E-state index in [1.807, 2.05) is 54.1 Å². The lowest BCUT2D eigenvalue weighted by Crippen LogP contribution is -2.36. The quantitative estimate of drug-likeness (QED) is 0.218. The van der Waals surface area contributed by atoms with Crippen molar-refractivity contribution in [1.29, 1.82) is 0 Å². The van der Waals surface area contributed by atoms with E-state index in [9.17, 15) is 9.59 Å². The van der Waals surface area contributed by atoms with E-state index in [1.165, 1.54) is 0 Å². The van der Waals surface area contributed by atoms with Crippen molar-refractivity contribution < 1.29 is 9.53 Å². The van der Waals surface area contributed by atoms with Crippen molar-refractivity contribution >= 4 is 16.8 Å². The highest BCUT2D eigenvalue weighted by molar-refractivity contribution is 6.00. The zero-order valence-electron chi connectivity index (χ0n) is 24.7. The first-order valence-electron chi connectivity index (χ1n) is 15.3. The van der Waals surface area contributed by atoms with Gasteiger partial charge in [-0.3, -0.25) is 19.6 Å². The van der Waals surface area contributed by atoms with Gasteiger partial charge in [0, 0.05) is 42.3 Å². The molecule has 1 saturated carbocycles. The van der Waals surface area contributed by atoms with Crippen molar-refractivity contribution in [2.75, 3.05) is 19.6 Å². The van der Waals surface area contributed by atoms with E-state index in [2.05, 4.69) is 34.0 Å². The van der Waals surface area contributed by atoms with Gasteiger partial charge in [-0.1, -0.05) is 32.0 Å². The number of ether oxygens (including phenoxy) is 1. The van der Waals surface area contributed by atoms with Gasteiger partial charge < -0.3 is 19.5 Å². The summed E-state index contributed by atoms with van der Waals surface area (Å²) >= 11 is 0. The molecule has 3 heterocycles. The summed E-state index contributed by atoms with van der Waals surface area (Å²) in [4.78, 5) is 38.5. The molecule has 2 aromatic heterocycles. The van der Waals surface area contributed by atoms with Crippen molar-refractivity contribution in [2.45, 2.75) is 70.8 Å². The zero-order chi connectivity index (χ0) is 29.2. The molecule has 1 fully saturated rings. The number of carbonyl (C=O) groups excluding carboxylic acids is 1. The van der Waals surface area contributed by atoms with Crippen molar-refractivity contribution in [3.05, 3.63) is 88.2 Å². The third-order valence-corrected chi connectivity index (χ3v) is 8.99. The number of aromatic nitrogens is 3. The van der Waals surface area contributed by atoms with E-state index in [-0.39, 0.29) is 28.9 Å². The number of amides is 1. The minimum atomic E-state index is -0.335. The first-order valence-corrected chi connectivity index (χ1v) is 15.3. The van der Waals surface area contributed by atoms with E-state index < -0.39 is 0 Å². The Morgan fingerprint density at radius 3 is 2.71 bits per heavy atom. The van der Waals surface area contributed by atoms with Crippen LogP contribution in [0.2, 0.25) is 0 Å². The molecule has 1 aliphatic heterocycles. The highest BCUT2D eigenvalue weighted by atomic mass is 16.5. The number of carbonyl (C=O) groups is 1. The summed E-state index contributed by atoms with van der Waals surface area (Å²) in [6, 6.07) is 11.7. The van der Waals surface area contributed by atoms with Crippen LogP contribution < -0.4 is 15.5 Å². The van der Waals surface area contributed by atoms with Crippen molar-refractivity contribution in [1.82, 2.24) is 24.8 Å². The van der Waals surface area contributed by atoms with Crippen LogP contribution in [-0.4, -0.2) is 51.0 Å². The van der Waals surface area contributed by atoms with Gasteiger partial charge in [-0.25, -0.2) is 0 Å². The number of hydrogen-bond acceptors (Lipinski definition) is 6. The summed E-state index contributed by atoms with van der Waals surface area (Å²) in [6.45, 7) is 9.37. The Hall–Kier alpha value is -4.04. The van der Waals surface area contributed by atoms with Crippen LogP contribution >= 0.6 is 0 Å². The molecule has 1 amide bonds. The average Bonchev–Trinajstić information content (AvgIpc) is 3.51. The average molecular weight is 566 g/mol. The number of nitrogens with zero attached hydrogens (tertiary/aromatic N) is 4. The molecule has 3 atom stereocenters. The summed E-state index contributed by atoms with van der Waals surface area (Å²) in [5.41, 5.74) is 3.54. The van der Waals surface area contributed by atoms with Crippen molar-refractivity contribution in [3.63, 3.8) is 0 Å². The maximum Gasteiger partial charge on any atom is 0.256 e. The fourth-order valence-electron chi connectivity index (χ4n) is 6.63. The van der Waals surface area contributed by atoms with Gasteiger partial charge >= 0.3 is 0 Å². The number of nitrogens with one attached hydrogen (secondary N) is 1. The largest absolute Gasteiger partial charge is 0.453 e. The van der Waals surface area contributed by atoms with Gasteiger partial charge in [-0.2, -0.15) is 0 Å². The standard InChI is InChI=1S/C34H39N5O3/c1-4-38(5-2)18-8-9-22(3)37-34(41)27-21-39-29-10-6-7-11-30(29)42-33-25(14-15-26(31(33)39)32(27)40)23-12-13-24(19-23)28-20-35-16-17-36-28/h6-7,10-11,14-17,20-24H,4-5,8-9,12-13,18-19H2,1-3H3,(H,37,41). The highest BCUT2D eigenvalue weighted by Gasteiger charge is 2.33. The highest BCUT2D eigenvalue weighted by Crippen LogP contribution is 2.50. The second-order valence-corrected chi connectivity index (χ2v) is 11.6. The molecule has 2 aromatic carbocycles. The van der Waals surface area contributed by atoms with Crippen LogP contribution in [0.3, 0.4) is 0 Å². The van der Waals surface area contributed by atoms with E-state index in [1.54, 1.807) is 18.6 Å². The summed E-state index contributed by atoms with van der Waals surface area (Å²) < 4.78 is 8.52. The SMILES string of the molecule is CCN(CC)CCCC(C)NC(=O)c1cn2c3c(c(C4CCC(c5cnccn5)C4)ccc3c1=O)Oc1ccccc1-2. The van der Waals surface area contributed by atoms with E-state index in [4.69, 9.17) is 4.74 Å². The van der Waals surface area contributed by atoms with Crippen LogP contribution in [0.5, 0.6) is 11.5 Å². The molecule has 8 nitrogen and oxygen atoms in total. The number of fused-ring (bicyclic) bond motifs is 2. The molecule has 0 saturated heterocycles. The predicted molar refractivity (Wildman–Crippen MR) is 165 cm³/mol. The van der Waals surface area contributed by atoms with Gasteiger partial charge in [0.05, 0.1) is 16.8 Å². The summed E-state index contributed by atoms with van der Waals surface area (Å²) in [5.74, 6) is 1.69. The molecule has 1 aliphatic carbocycles. The molecule has 0 spiro atoms. The third-order valence-electron chi connectivity index (χ3n) is 8.99. The Kier molecular flexibility index (Phi) is 8.07. The molecular weight excluding hydrogens is 526 g/mol. The molecule has 6 rings (SSSR count). The Bertz CT molecular complexity index is 1650. The molecule has 42 heavy (non-hydrogen) atoms. The molecule has 3 unspecified atom stereocenters. The number of hydrogen-bond donors (Lipinski definition) is 1. The van der Waals surface area contributed by atoms with Crippen LogP contribution in [0.4, 0.5) is 0 Å². The molecule has 218 valence electrons. The number of benzene rings is 2. The summed E-state index contributed by atoms with van der Waals surface area (Å²) in [7, 11) is 0. The molecule has 8 heteroatoms. The van der Waals surface area contributed by atoms with Crippen LogP contribution in [0, 0.1) is 0 Å². The van der Waals surface area contributed by atoms with Gasteiger partial charge in [0.25, 0.3) is 5.91 Å².